The molecule has 2 aromatic carbocycles. The molecule has 21 heavy (non-hydrogen) atoms. The van der Waals surface area contributed by atoms with Gasteiger partial charge in [-0.1, -0.05) is 19.1 Å². The molecule has 0 bridgehead atoms. The van der Waals surface area contributed by atoms with Crippen LogP contribution in [0.3, 0.4) is 0 Å². The largest absolute Gasteiger partial charge is 0.306 e. The first-order chi connectivity index (χ1) is 10.0. The highest BCUT2D eigenvalue weighted by Gasteiger charge is 2.22. The maximum atomic E-state index is 13.9. The van der Waals surface area contributed by atoms with Crippen LogP contribution in [0, 0.1) is 23.3 Å². The summed E-state index contributed by atoms with van der Waals surface area (Å²) in [6.45, 7) is 2.38. The van der Waals surface area contributed by atoms with Gasteiger partial charge >= 0.3 is 0 Å². The smallest absolute Gasteiger partial charge is 0.159 e. The minimum atomic E-state index is -1.05. The summed E-state index contributed by atoms with van der Waals surface area (Å²) in [4.78, 5) is 0. The van der Waals surface area contributed by atoms with Gasteiger partial charge < -0.3 is 5.32 Å². The average molecular weight is 297 g/mol. The van der Waals surface area contributed by atoms with E-state index in [1.165, 1.54) is 12.1 Å². The fraction of sp³-hybridized carbons (Fsp3) is 0.250. The van der Waals surface area contributed by atoms with Gasteiger partial charge in [-0.25, -0.2) is 17.6 Å². The normalized spacial score (nSPS) is 12.4. The van der Waals surface area contributed by atoms with Crippen LogP contribution in [0.2, 0.25) is 0 Å². The molecule has 0 amide bonds. The van der Waals surface area contributed by atoms with Crippen LogP contribution in [-0.2, 0) is 0 Å². The fourth-order valence-electron chi connectivity index (χ4n) is 2.15. The summed E-state index contributed by atoms with van der Waals surface area (Å²) < 4.78 is 54.3. The first-order valence-corrected chi connectivity index (χ1v) is 6.66. The van der Waals surface area contributed by atoms with E-state index in [0.29, 0.717) is 6.54 Å². The van der Waals surface area contributed by atoms with Crippen LogP contribution < -0.4 is 5.32 Å². The lowest BCUT2D eigenvalue weighted by Crippen LogP contribution is -2.25. The van der Waals surface area contributed by atoms with Crippen LogP contribution >= 0.6 is 0 Å². The number of benzene rings is 2. The Morgan fingerprint density at radius 3 is 2.14 bits per heavy atom. The van der Waals surface area contributed by atoms with Gasteiger partial charge in [0.25, 0.3) is 0 Å². The molecule has 0 aliphatic rings. The van der Waals surface area contributed by atoms with Crippen LogP contribution in [-0.4, -0.2) is 6.54 Å². The van der Waals surface area contributed by atoms with Crippen LogP contribution in [0.25, 0.3) is 0 Å². The molecule has 2 rings (SSSR count). The Kier molecular flexibility index (Phi) is 4.96. The summed E-state index contributed by atoms with van der Waals surface area (Å²) in [6, 6.07) is 5.88. The Hall–Kier alpha value is -1.88. The van der Waals surface area contributed by atoms with Gasteiger partial charge in [0.2, 0.25) is 0 Å². The standard InChI is InChI=1S/C16H15F4N/c1-2-8-21-16(10-6-7-11(17)14(20)9-10)15-12(18)4-3-5-13(15)19/h3-7,9,16,21H,2,8H2,1H3. The van der Waals surface area contributed by atoms with Crippen molar-refractivity contribution >= 4 is 0 Å². The number of hydrogen-bond acceptors (Lipinski definition) is 1. The van der Waals surface area contributed by atoms with E-state index >= 15 is 0 Å². The van der Waals surface area contributed by atoms with Gasteiger partial charge in [-0.3, -0.25) is 0 Å². The highest BCUT2D eigenvalue weighted by atomic mass is 19.2. The third kappa shape index (κ3) is 3.42. The minimum Gasteiger partial charge on any atom is -0.306 e. The third-order valence-corrected chi connectivity index (χ3v) is 3.16. The number of rotatable bonds is 5. The average Bonchev–Trinajstić information content (AvgIpc) is 2.45. The molecule has 1 atom stereocenters. The predicted molar refractivity (Wildman–Crippen MR) is 72.9 cm³/mol. The maximum absolute atomic E-state index is 13.9. The Morgan fingerprint density at radius 1 is 0.905 bits per heavy atom. The maximum Gasteiger partial charge on any atom is 0.159 e. The molecule has 0 heterocycles. The Morgan fingerprint density at radius 2 is 1.57 bits per heavy atom. The van der Waals surface area contributed by atoms with Gasteiger partial charge in [-0.05, 0) is 42.8 Å². The Labute approximate surface area is 120 Å². The Bertz CT molecular complexity index is 607. The van der Waals surface area contributed by atoms with Crippen molar-refractivity contribution in [3.05, 3.63) is 70.8 Å². The van der Waals surface area contributed by atoms with Crippen molar-refractivity contribution in [1.29, 1.82) is 0 Å². The van der Waals surface area contributed by atoms with Gasteiger partial charge in [-0.15, -0.1) is 0 Å². The SMILES string of the molecule is CCCNC(c1ccc(F)c(F)c1)c1c(F)cccc1F. The quantitative estimate of drug-likeness (QED) is 0.810. The number of halogens is 4. The molecular weight excluding hydrogens is 282 g/mol. The predicted octanol–water partition coefficient (Wildman–Crippen LogP) is 4.33. The molecule has 5 heteroatoms. The zero-order valence-corrected chi connectivity index (χ0v) is 11.5. The first-order valence-electron chi connectivity index (χ1n) is 6.66. The molecule has 0 aromatic heterocycles. The second-order valence-corrected chi connectivity index (χ2v) is 4.70. The van der Waals surface area contributed by atoms with Gasteiger partial charge in [0.15, 0.2) is 11.6 Å². The summed E-state index contributed by atoms with van der Waals surface area (Å²) >= 11 is 0. The van der Waals surface area contributed by atoms with Crippen LogP contribution in [0.5, 0.6) is 0 Å². The molecule has 0 fully saturated rings. The summed E-state index contributed by atoms with van der Waals surface area (Å²) in [5.74, 6) is -3.50. The first kappa shape index (κ1) is 15.5. The van der Waals surface area contributed by atoms with E-state index in [2.05, 4.69) is 5.32 Å². The van der Waals surface area contributed by atoms with E-state index in [0.717, 1.165) is 30.7 Å². The van der Waals surface area contributed by atoms with Crippen LogP contribution in [0.4, 0.5) is 17.6 Å². The van der Waals surface area contributed by atoms with Crippen molar-refractivity contribution in [3.8, 4) is 0 Å². The molecule has 1 N–H and O–H groups in total. The highest BCUT2D eigenvalue weighted by molar-refractivity contribution is 5.34. The van der Waals surface area contributed by atoms with Crippen molar-refractivity contribution in [1.82, 2.24) is 5.32 Å². The molecular formula is C16H15F4N. The zero-order chi connectivity index (χ0) is 15.4. The highest BCUT2D eigenvalue weighted by Crippen LogP contribution is 2.28. The minimum absolute atomic E-state index is 0.197. The third-order valence-electron chi connectivity index (χ3n) is 3.16. The second kappa shape index (κ2) is 6.72. The molecule has 0 spiro atoms. The van der Waals surface area contributed by atoms with Crippen molar-refractivity contribution in [2.24, 2.45) is 0 Å². The lowest BCUT2D eigenvalue weighted by atomic mass is 9.97. The van der Waals surface area contributed by atoms with E-state index in [1.807, 2.05) is 6.92 Å². The van der Waals surface area contributed by atoms with Gasteiger partial charge in [0.1, 0.15) is 11.6 Å². The van der Waals surface area contributed by atoms with E-state index in [-0.39, 0.29) is 11.1 Å². The lowest BCUT2D eigenvalue weighted by molar-refractivity contribution is 0.489. The molecule has 1 unspecified atom stereocenters. The molecule has 0 saturated carbocycles. The monoisotopic (exact) mass is 297 g/mol. The number of nitrogens with one attached hydrogen (secondary N) is 1. The van der Waals surface area contributed by atoms with Crippen molar-refractivity contribution in [3.63, 3.8) is 0 Å². The molecule has 0 aliphatic heterocycles. The molecule has 0 radical (unpaired) electrons. The van der Waals surface area contributed by atoms with Gasteiger partial charge in [-0.2, -0.15) is 0 Å². The van der Waals surface area contributed by atoms with E-state index < -0.39 is 29.3 Å². The molecule has 0 aliphatic carbocycles. The lowest BCUT2D eigenvalue weighted by Gasteiger charge is -2.21. The summed E-state index contributed by atoms with van der Waals surface area (Å²) in [7, 11) is 0. The summed E-state index contributed by atoms with van der Waals surface area (Å²) in [6.07, 6.45) is 0.732. The van der Waals surface area contributed by atoms with Crippen molar-refractivity contribution < 1.29 is 17.6 Å². The van der Waals surface area contributed by atoms with Gasteiger partial charge in [0.05, 0.1) is 6.04 Å². The molecule has 112 valence electrons. The summed E-state index contributed by atoms with van der Waals surface area (Å²) in [5.41, 5.74) is 0.0725. The summed E-state index contributed by atoms with van der Waals surface area (Å²) in [5, 5.41) is 2.96. The fourth-order valence-corrected chi connectivity index (χ4v) is 2.15. The van der Waals surface area contributed by atoms with Crippen LogP contribution in [0.1, 0.15) is 30.5 Å². The van der Waals surface area contributed by atoms with Crippen molar-refractivity contribution in [2.45, 2.75) is 19.4 Å². The molecule has 2 aromatic rings. The zero-order valence-electron chi connectivity index (χ0n) is 11.5. The molecule has 0 saturated heterocycles. The van der Waals surface area contributed by atoms with Crippen molar-refractivity contribution in [2.75, 3.05) is 6.54 Å². The Balaban J connectivity index is 2.49. The van der Waals surface area contributed by atoms with E-state index in [9.17, 15) is 17.6 Å². The van der Waals surface area contributed by atoms with E-state index in [4.69, 9.17) is 0 Å². The number of hydrogen-bond donors (Lipinski definition) is 1. The second-order valence-electron chi connectivity index (χ2n) is 4.70. The topological polar surface area (TPSA) is 12.0 Å². The van der Waals surface area contributed by atoms with Gasteiger partial charge in [0, 0.05) is 5.56 Å². The van der Waals surface area contributed by atoms with E-state index in [1.54, 1.807) is 0 Å². The van der Waals surface area contributed by atoms with Crippen LogP contribution in [0.15, 0.2) is 36.4 Å². The molecule has 1 nitrogen and oxygen atoms in total.